The highest BCUT2D eigenvalue weighted by molar-refractivity contribution is 7.89. The second-order valence-corrected chi connectivity index (χ2v) is 10.7. The van der Waals surface area contributed by atoms with E-state index >= 15 is 0 Å². The number of nitrogens with one attached hydrogen (secondary N) is 1. The van der Waals surface area contributed by atoms with Gasteiger partial charge in [-0.2, -0.15) is 14.1 Å². The molecule has 0 saturated carbocycles. The molecule has 0 fully saturated rings. The van der Waals surface area contributed by atoms with E-state index in [1.165, 1.54) is 39.9 Å². The average molecular weight is 526 g/mol. The number of aromatic nitrogens is 3. The van der Waals surface area contributed by atoms with Crippen LogP contribution in [0.25, 0.3) is 16.4 Å². The predicted octanol–water partition coefficient (Wildman–Crippen LogP) is 4.60. The molecule has 0 radical (unpaired) electrons. The van der Waals surface area contributed by atoms with E-state index in [0.717, 1.165) is 17.0 Å². The number of amides is 1. The molecular formula is C25H27N5O4S2. The largest absolute Gasteiger partial charge is 0.497 e. The Hall–Kier alpha value is -3.54. The molecule has 0 aliphatic heterocycles. The lowest BCUT2D eigenvalue weighted by Crippen LogP contribution is -2.30. The maximum atomic E-state index is 13.0. The van der Waals surface area contributed by atoms with Crippen molar-refractivity contribution in [3.05, 3.63) is 71.2 Å². The zero-order valence-corrected chi connectivity index (χ0v) is 22.1. The van der Waals surface area contributed by atoms with Crippen molar-refractivity contribution in [3.63, 3.8) is 0 Å². The van der Waals surface area contributed by atoms with Crippen molar-refractivity contribution >= 4 is 33.1 Å². The number of carbonyl (C=O) groups is 1. The van der Waals surface area contributed by atoms with Gasteiger partial charge in [0.15, 0.2) is 0 Å². The fourth-order valence-corrected chi connectivity index (χ4v) is 5.94. The normalized spacial score (nSPS) is 11.6. The summed E-state index contributed by atoms with van der Waals surface area (Å²) >= 11 is 1.40. The lowest BCUT2D eigenvalue weighted by atomic mass is 10.2. The standard InChI is InChI=1S/C25H27N5O4S2/c1-5-29(6-2)36(32,33)21-12-10-18(11-13-21)24(31)27-23-14-17(3)28-30(23)25-26-22(16-35-25)19-8-7-9-20(15-19)34-4/h7-16H,5-6H2,1-4H3,(H,27,31). The number of carbonyl (C=O) groups excluding carboxylic acids is 1. The Balaban J connectivity index is 1.56. The van der Waals surface area contributed by atoms with Gasteiger partial charge >= 0.3 is 0 Å². The molecule has 1 N–H and O–H groups in total. The quantitative estimate of drug-likeness (QED) is 0.342. The van der Waals surface area contributed by atoms with Gasteiger partial charge < -0.3 is 10.1 Å². The van der Waals surface area contributed by atoms with Crippen LogP contribution in [0, 0.1) is 6.92 Å². The summed E-state index contributed by atoms with van der Waals surface area (Å²) in [4.78, 5) is 17.8. The first-order valence-electron chi connectivity index (χ1n) is 11.3. The Bertz CT molecular complexity index is 1470. The SMILES string of the molecule is CCN(CC)S(=O)(=O)c1ccc(C(=O)Nc2cc(C)nn2-c2nc(-c3cccc(OC)c3)cs2)cc1. The second kappa shape index (κ2) is 10.6. The molecule has 0 bridgehead atoms. The van der Waals surface area contributed by atoms with E-state index in [4.69, 9.17) is 9.72 Å². The van der Waals surface area contributed by atoms with Crippen LogP contribution in [0.3, 0.4) is 0 Å². The third-order valence-electron chi connectivity index (χ3n) is 5.57. The first-order chi connectivity index (χ1) is 17.3. The number of nitrogens with zero attached hydrogens (tertiary/aromatic N) is 4. The zero-order chi connectivity index (χ0) is 25.9. The van der Waals surface area contributed by atoms with Crippen LogP contribution in [0.5, 0.6) is 5.75 Å². The number of ether oxygens (including phenoxy) is 1. The Morgan fingerprint density at radius 1 is 1.11 bits per heavy atom. The van der Waals surface area contributed by atoms with Crippen LogP contribution in [0.4, 0.5) is 5.82 Å². The van der Waals surface area contributed by atoms with Crippen molar-refractivity contribution in [3.8, 4) is 22.1 Å². The third kappa shape index (κ3) is 5.18. The molecule has 188 valence electrons. The van der Waals surface area contributed by atoms with Gasteiger partial charge in [-0.1, -0.05) is 26.0 Å². The van der Waals surface area contributed by atoms with Crippen LogP contribution >= 0.6 is 11.3 Å². The summed E-state index contributed by atoms with van der Waals surface area (Å²) in [6.45, 7) is 6.16. The number of sulfonamides is 1. The highest BCUT2D eigenvalue weighted by Crippen LogP contribution is 2.28. The van der Waals surface area contributed by atoms with Gasteiger partial charge in [0, 0.05) is 35.7 Å². The van der Waals surface area contributed by atoms with Crippen molar-refractivity contribution in [2.75, 3.05) is 25.5 Å². The molecule has 0 aliphatic rings. The number of aryl methyl sites for hydroxylation is 1. The van der Waals surface area contributed by atoms with Crippen molar-refractivity contribution in [2.45, 2.75) is 25.7 Å². The molecule has 0 atom stereocenters. The summed E-state index contributed by atoms with van der Waals surface area (Å²) in [5.41, 5.74) is 2.72. The maximum Gasteiger partial charge on any atom is 0.256 e. The van der Waals surface area contributed by atoms with Crippen LogP contribution in [0.15, 0.2) is 64.9 Å². The highest BCUT2D eigenvalue weighted by Gasteiger charge is 2.22. The van der Waals surface area contributed by atoms with Gasteiger partial charge in [0.1, 0.15) is 11.6 Å². The summed E-state index contributed by atoms with van der Waals surface area (Å²) in [7, 11) is -1.98. The number of rotatable bonds is 9. The van der Waals surface area contributed by atoms with Gasteiger partial charge in [-0.25, -0.2) is 13.4 Å². The van der Waals surface area contributed by atoms with E-state index < -0.39 is 10.0 Å². The molecule has 2 aromatic carbocycles. The molecule has 4 rings (SSSR count). The van der Waals surface area contributed by atoms with E-state index in [0.29, 0.717) is 35.3 Å². The van der Waals surface area contributed by atoms with Crippen molar-refractivity contribution in [2.24, 2.45) is 0 Å². The minimum absolute atomic E-state index is 0.150. The van der Waals surface area contributed by atoms with Crippen LogP contribution in [-0.4, -0.2) is 53.6 Å². The Labute approximate surface area is 214 Å². The third-order valence-corrected chi connectivity index (χ3v) is 8.45. The van der Waals surface area contributed by atoms with Crippen LogP contribution < -0.4 is 10.1 Å². The van der Waals surface area contributed by atoms with Gasteiger partial charge in [0.2, 0.25) is 15.2 Å². The molecule has 0 aliphatic carbocycles. The molecule has 36 heavy (non-hydrogen) atoms. The molecule has 11 heteroatoms. The molecule has 1 amide bonds. The van der Waals surface area contributed by atoms with Gasteiger partial charge in [0.25, 0.3) is 5.91 Å². The topological polar surface area (TPSA) is 106 Å². The summed E-state index contributed by atoms with van der Waals surface area (Å²) in [5, 5.41) is 9.87. The van der Waals surface area contributed by atoms with Crippen LogP contribution in [0.1, 0.15) is 29.9 Å². The van der Waals surface area contributed by atoms with Crippen LogP contribution in [-0.2, 0) is 10.0 Å². The molecule has 2 aromatic heterocycles. The molecule has 2 heterocycles. The number of hydrogen-bond donors (Lipinski definition) is 1. The highest BCUT2D eigenvalue weighted by atomic mass is 32.2. The van der Waals surface area contributed by atoms with E-state index in [1.54, 1.807) is 31.7 Å². The average Bonchev–Trinajstić information content (AvgIpc) is 3.51. The van der Waals surface area contributed by atoms with E-state index in [1.807, 2.05) is 36.6 Å². The van der Waals surface area contributed by atoms with Crippen molar-refractivity contribution < 1.29 is 17.9 Å². The Morgan fingerprint density at radius 3 is 2.50 bits per heavy atom. The van der Waals surface area contributed by atoms with Crippen LogP contribution in [0.2, 0.25) is 0 Å². The summed E-state index contributed by atoms with van der Waals surface area (Å²) < 4.78 is 33.7. The van der Waals surface area contributed by atoms with Crippen molar-refractivity contribution in [1.29, 1.82) is 0 Å². The second-order valence-electron chi connectivity index (χ2n) is 7.90. The maximum absolute atomic E-state index is 13.0. The van der Waals surface area contributed by atoms with Gasteiger partial charge in [-0.3, -0.25) is 4.79 Å². The fraction of sp³-hybridized carbons (Fsp3) is 0.240. The Kier molecular flexibility index (Phi) is 7.53. The first-order valence-corrected chi connectivity index (χ1v) is 13.7. The molecule has 0 spiro atoms. The summed E-state index contributed by atoms with van der Waals surface area (Å²) in [5.74, 6) is 0.817. The number of thiazole rings is 1. The molecule has 9 nitrogen and oxygen atoms in total. The van der Waals surface area contributed by atoms with E-state index in [9.17, 15) is 13.2 Å². The number of benzene rings is 2. The van der Waals surface area contributed by atoms with Gasteiger partial charge in [0.05, 0.1) is 23.4 Å². The number of hydrogen-bond acceptors (Lipinski definition) is 7. The lowest BCUT2D eigenvalue weighted by molar-refractivity contribution is 0.102. The summed E-state index contributed by atoms with van der Waals surface area (Å²) in [6, 6.07) is 15.3. The smallest absolute Gasteiger partial charge is 0.256 e. The zero-order valence-electron chi connectivity index (χ0n) is 20.4. The van der Waals surface area contributed by atoms with Gasteiger partial charge in [-0.05, 0) is 43.3 Å². The number of methoxy groups -OCH3 is 1. The van der Waals surface area contributed by atoms with Gasteiger partial charge in [-0.15, -0.1) is 11.3 Å². The minimum atomic E-state index is -3.59. The molecule has 0 saturated heterocycles. The Morgan fingerprint density at radius 2 is 1.83 bits per heavy atom. The predicted molar refractivity (Wildman–Crippen MR) is 140 cm³/mol. The first kappa shape index (κ1) is 25.5. The molecule has 4 aromatic rings. The summed E-state index contributed by atoms with van der Waals surface area (Å²) in [6.07, 6.45) is 0. The molecular weight excluding hydrogens is 498 g/mol. The fourth-order valence-electron chi connectivity index (χ4n) is 3.69. The van der Waals surface area contributed by atoms with E-state index in [-0.39, 0.29) is 10.8 Å². The van der Waals surface area contributed by atoms with E-state index in [2.05, 4.69) is 10.4 Å². The molecule has 0 unspecified atom stereocenters. The monoisotopic (exact) mass is 525 g/mol. The minimum Gasteiger partial charge on any atom is -0.497 e. The number of anilines is 1. The van der Waals surface area contributed by atoms with Crippen molar-refractivity contribution in [1.82, 2.24) is 19.1 Å². The lowest BCUT2D eigenvalue weighted by Gasteiger charge is -2.18.